The third-order valence-electron chi connectivity index (χ3n) is 2.83. The van der Waals surface area contributed by atoms with Gasteiger partial charge >= 0.3 is 0 Å². The number of imidazole rings is 1. The van der Waals surface area contributed by atoms with Crippen LogP contribution in [0.1, 0.15) is 19.7 Å². The summed E-state index contributed by atoms with van der Waals surface area (Å²) in [5, 5.41) is 0. The van der Waals surface area contributed by atoms with Gasteiger partial charge in [-0.15, -0.1) is 0 Å². The van der Waals surface area contributed by atoms with Crippen molar-refractivity contribution < 1.29 is 4.74 Å². The molecule has 4 heteroatoms. The van der Waals surface area contributed by atoms with Gasteiger partial charge in [0, 0.05) is 32.0 Å². The van der Waals surface area contributed by atoms with E-state index in [0.29, 0.717) is 5.92 Å². The van der Waals surface area contributed by atoms with Crippen molar-refractivity contribution in [2.75, 3.05) is 26.3 Å². The second-order valence-corrected chi connectivity index (χ2v) is 4.78. The van der Waals surface area contributed by atoms with Gasteiger partial charge in [-0.25, -0.2) is 4.98 Å². The lowest BCUT2D eigenvalue weighted by molar-refractivity contribution is 0.0325. The van der Waals surface area contributed by atoms with Gasteiger partial charge < -0.3 is 9.30 Å². The lowest BCUT2D eigenvalue weighted by atomic mass is 10.2. The number of aromatic nitrogens is 2. The Kier molecular flexibility index (Phi) is 3.96. The van der Waals surface area contributed by atoms with Crippen molar-refractivity contribution in [3.63, 3.8) is 0 Å². The molecule has 0 amide bonds. The van der Waals surface area contributed by atoms with E-state index in [9.17, 15) is 0 Å². The number of morpholine rings is 1. The molecule has 0 spiro atoms. The highest BCUT2D eigenvalue weighted by atomic mass is 16.5. The number of hydrogen-bond donors (Lipinski definition) is 0. The molecule has 0 bridgehead atoms. The number of ether oxygens (including phenoxy) is 1. The van der Waals surface area contributed by atoms with Crippen molar-refractivity contribution in [3.8, 4) is 0 Å². The third kappa shape index (κ3) is 3.06. The van der Waals surface area contributed by atoms with Crippen LogP contribution in [-0.2, 0) is 17.8 Å². The first-order valence-electron chi connectivity index (χ1n) is 6.06. The van der Waals surface area contributed by atoms with Gasteiger partial charge in [0.25, 0.3) is 0 Å². The van der Waals surface area contributed by atoms with E-state index >= 15 is 0 Å². The fourth-order valence-electron chi connectivity index (χ4n) is 2.01. The maximum absolute atomic E-state index is 5.34. The van der Waals surface area contributed by atoms with Gasteiger partial charge in [0.05, 0.1) is 19.8 Å². The maximum atomic E-state index is 5.34. The van der Waals surface area contributed by atoms with Gasteiger partial charge in [-0.3, -0.25) is 4.90 Å². The molecule has 0 N–H and O–H groups in total. The molecule has 0 unspecified atom stereocenters. The summed E-state index contributed by atoms with van der Waals surface area (Å²) in [4.78, 5) is 6.85. The summed E-state index contributed by atoms with van der Waals surface area (Å²) < 4.78 is 7.61. The molecule has 1 saturated heterocycles. The molecule has 1 aromatic heterocycles. The first-order chi connectivity index (χ1) is 7.75. The van der Waals surface area contributed by atoms with Crippen LogP contribution in [-0.4, -0.2) is 40.8 Å². The maximum Gasteiger partial charge on any atom is 0.122 e. The number of rotatable bonds is 4. The van der Waals surface area contributed by atoms with Gasteiger partial charge in [0.15, 0.2) is 0 Å². The molecule has 0 aromatic carbocycles. The number of nitrogens with zero attached hydrogens (tertiary/aromatic N) is 3. The Morgan fingerprint density at radius 3 is 2.81 bits per heavy atom. The summed E-state index contributed by atoms with van der Waals surface area (Å²) in [6.45, 7) is 10.2. The fourth-order valence-corrected chi connectivity index (χ4v) is 2.01. The van der Waals surface area contributed by atoms with Crippen LogP contribution in [0.15, 0.2) is 12.4 Å². The summed E-state index contributed by atoms with van der Waals surface area (Å²) in [5.74, 6) is 1.84. The van der Waals surface area contributed by atoms with E-state index in [1.807, 2.05) is 6.20 Å². The molecule has 1 aliphatic heterocycles. The third-order valence-corrected chi connectivity index (χ3v) is 2.83. The van der Waals surface area contributed by atoms with E-state index in [0.717, 1.165) is 39.4 Å². The van der Waals surface area contributed by atoms with E-state index in [2.05, 4.69) is 34.5 Å². The predicted molar refractivity (Wildman–Crippen MR) is 63.2 cm³/mol. The standard InChI is InChI=1S/C12H21N3O/c1-11(2)9-15-4-3-13-12(15)10-14-5-7-16-8-6-14/h3-4,11H,5-10H2,1-2H3. The monoisotopic (exact) mass is 223 g/mol. The van der Waals surface area contributed by atoms with Crippen molar-refractivity contribution in [2.24, 2.45) is 5.92 Å². The Morgan fingerprint density at radius 2 is 2.12 bits per heavy atom. The summed E-state index contributed by atoms with van der Waals surface area (Å²) in [5.41, 5.74) is 0. The Bertz CT molecular complexity index is 316. The first-order valence-corrected chi connectivity index (χ1v) is 6.06. The molecule has 2 heterocycles. The largest absolute Gasteiger partial charge is 0.379 e. The first kappa shape index (κ1) is 11.6. The van der Waals surface area contributed by atoms with Crippen molar-refractivity contribution in [2.45, 2.75) is 26.9 Å². The van der Waals surface area contributed by atoms with Crippen LogP contribution < -0.4 is 0 Å². The minimum absolute atomic E-state index is 0.664. The van der Waals surface area contributed by atoms with Gasteiger partial charge in [-0.1, -0.05) is 13.8 Å². The van der Waals surface area contributed by atoms with E-state index in [1.54, 1.807) is 0 Å². The normalized spacial score (nSPS) is 18.2. The Balaban J connectivity index is 1.94. The highest BCUT2D eigenvalue weighted by molar-refractivity contribution is 4.93. The number of hydrogen-bond acceptors (Lipinski definition) is 3. The molecule has 1 aromatic rings. The minimum Gasteiger partial charge on any atom is -0.379 e. The SMILES string of the molecule is CC(C)Cn1ccnc1CN1CCOCC1. The zero-order chi connectivity index (χ0) is 11.4. The fraction of sp³-hybridized carbons (Fsp3) is 0.750. The summed E-state index contributed by atoms with van der Waals surface area (Å²) in [6, 6.07) is 0. The quantitative estimate of drug-likeness (QED) is 0.772. The molecule has 90 valence electrons. The van der Waals surface area contributed by atoms with Crippen molar-refractivity contribution >= 4 is 0 Å². The molecular formula is C12H21N3O. The smallest absolute Gasteiger partial charge is 0.122 e. The highest BCUT2D eigenvalue weighted by Crippen LogP contribution is 2.08. The molecule has 1 aliphatic rings. The van der Waals surface area contributed by atoms with Gasteiger partial charge in [0.2, 0.25) is 0 Å². The Labute approximate surface area is 97.2 Å². The van der Waals surface area contributed by atoms with Crippen LogP contribution in [0.25, 0.3) is 0 Å². The van der Waals surface area contributed by atoms with E-state index in [1.165, 1.54) is 5.82 Å². The average molecular weight is 223 g/mol. The van der Waals surface area contributed by atoms with Gasteiger partial charge in [-0.05, 0) is 5.92 Å². The zero-order valence-electron chi connectivity index (χ0n) is 10.2. The van der Waals surface area contributed by atoms with Crippen LogP contribution >= 0.6 is 0 Å². The lowest BCUT2D eigenvalue weighted by Crippen LogP contribution is -2.36. The van der Waals surface area contributed by atoms with E-state index in [4.69, 9.17) is 4.74 Å². The summed E-state index contributed by atoms with van der Waals surface area (Å²) in [7, 11) is 0. The molecule has 0 saturated carbocycles. The molecule has 0 aliphatic carbocycles. The lowest BCUT2D eigenvalue weighted by Gasteiger charge is -2.26. The Morgan fingerprint density at radius 1 is 1.38 bits per heavy atom. The summed E-state index contributed by atoms with van der Waals surface area (Å²) in [6.07, 6.45) is 3.98. The molecule has 16 heavy (non-hydrogen) atoms. The molecular weight excluding hydrogens is 202 g/mol. The Hall–Kier alpha value is -0.870. The van der Waals surface area contributed by atoms with E-state index in [-0.39, 0.29) is 0 Å². The van der Waals surface area contributed by atoms with Crippen LogP contribution in [0.3, 0.4) is 0 Å². The topological polar surface area (TPSA) is 30.3 Å². The van der Waals surface area contributed by atoms with Crippen molar-refractivity contribution in [1.82, 2.24) is 14.5 Å². The van der Waals surface area contributed by atoms with Gasteiger partial charge in [-0.2, -0.15) is 0 Å². The predicted octanol–water partition coefficient (Wildman–Crippen LogP) is 1.37. The average Bonchev–Trinajstić information content (AvgIpc) is 2.66. The second-order valence-electron chi connectivity index (χ2n) is 4.78. The minimum atomic E-state index is 0.664. The molecule has 0 radical (unpaired) electrons. The zero-order valence-corrected chi connectivity index (χ0v) is 10.2. The molecule has 0 atom stereocenters. The second kappa shape index (κ2) is 5.46. The molecule has 1 fully saturated rings. The van der Waals surface area contributed by atoms with E-state index < -0.39 is 0 Å². The van der Waals surface area contributed by atoms with Crippen molar-refractivity contribution in [1.29, 1.82) is 0 Å². The molecule has 4 nitrogen and oxygen atoms in total. The van der Waals surface area contributed by atoms with Crippen LogP contribution in [0, 0.1) is 5.92 Å². The van der Waals surface area contributed by atoms with Crippen LogP contribution in [0.4, 0.5) is 0 Å². The van der Waals surface area contributed by atoms with Gasteiger partial charge in [0.1, 0.15) is 5.82 Å². The van der Waals surface area contributed by atoms with Crippen LogP contribution in [0.2, 0.25) is 0 Å². The van der Waals surface area contributed by atoms with Crippen molar-refractivity contribution in [3.05, 3.63) is 18.2 Å². The highest BCUT2D eigenvalue weighted by Gasteiger charge is 2.13. The summed E-state index contributed by atoms with van der Waals surface area (Å²) >= 11 is 0. The van der Waals surface area contributed by atoms with Crippen LogP contribution in [0.5, 0.6) is 0 Å². The molecule has 2 rings (SSSR count).